The number of hydrogen-bond acceptors (Lipinski definition) is 3. The van der Waals surface area contributed by atoms with Gasteiger partial charge in [-0.25, -0.2) is 0 Å². The molecule has 0 aliphatic carbocycles. The van der Waals surface area contributed by atoms with Crippen LogP contribution in [0.1, 0.15) is 47.5 Å². The van der Waals surface area contributed by atoms with Gasteiger partial charge in [-0.05, 0) is 25.3 Å². The molecule has 1 N–H and O–H groups in total. The Bertz CT molecular complexity index is 235. The monoisotopic (exact) mass is 270 g/mol. The number of hydrogen-bond donors (Lipinski definition) is 1. The lowest BCUT2D eigenvalue weighted by Gasteiger charge is -2.41. The lowest BCUT2D eigenvalue weighted by Crippen LogP contribution is -2.50. The van der Waals surface area contributed by atoms with E-state index >= 15 is 0 Å². The van der Waals surface area contributed by atoms with Crippen LogP contribution in [0.2, 0.25) is 0 Å². The Balaban J connectivity index is 2.61. The Morgan fingerprint density at radius 2 is 2.00 bits per heavy atom. The average molecular weight is 270 g/mol. The summed E-state index contributed by atoms with van der Waals surface area (Å²) in [6, 6.07) is 0.555. The molecule has 0 amide bonds. The Hall–Kier alpha value is -0.120. The van der Waals surface area contributed by atoms with Crippen LogP contribution in [-0.2, 0) is 4.74 Å². The summed E-state index contributed by atoms with van der Waals surface area (Å²) in [5, 5.41) is 3.63. The van der Waals surface area contributed by atoms with E-state index in [9.17, 15) is 0 Å². The van der Waals surface area contributed by atoms with Gasteiger partial charge in [0.25, 0.3) is 0 Å². The predicted octanol–water partition coefficient (Wildman–Crippen LogP) is 2.76. The normalized spacial score (nSPS) is 24.6. The van der Waals surface area contributed by atoms with E-state index in [2.05, 4.69) is 44.8 Å². The first kappa shape index (κ1) is 16.9. The van der Waals surface area contributed by atoms with Gasteiger partial charge in [0, 0.05) is 37.7 Å². The number of rotatable bonds is 8. The molecule has 19 heavy (non-hydrogen) atoms. The maximum absolute atomic E-state index is 5.80. The number of ether oxygens (including phenoxy) is 1. The molecule has 1 aliphatic rings. The SMILES string of the molecule is CCN(CC(C)C)CC1(CNC(C)C)CCCOC1. The van der Waals surface area contributed by atoms with E-state index in [4.69, 9.17) is 4.74 Å². The Labute approximate surface area is 120 Å². The summed E-state index contributed by atoms with van der Waals surface area (Å²) in [6.07, 6.45) is 2.50. The van der Waals surface area contributed by atoms with Crippen molar-refractivity contribution in [3.63, 3.8) is 0 Å². The molecule has 1 aliphatic heterocycles. The van der Waals surface area contributed by atoms with Crippen LogP contribution in [-0.4, -0.2) is 50.3 Å². The van der Waals surface area contributed by atoms with Gasteiger partial charge in [-0.2, -0.15) is 0 Å². The molecule has 1 rings (SSSR count). The zero-order valence-corrected chi connectivity index (χ0v) is 13.7. The van der Waals surface area contributed by atoms with Gasteiger partial charge in [-0.3, -0.25) is 0 Å². The topological polar surface area (TPSA) is 24.5 Å². The summed E-state index contributed by atoms with van der Waals surface area (Å²) < 4.78 is 5.80. The highest BCUT2D eigenvalue weighted by molar-refractivity contribution is 4.88. The Morgan fingerprint density at radius 3 is 2.47 bits per heavy atom. The molecule has 0 saturated carbocycles. The highest BCUT2D eigenvalue weighted by atomic mass is 16.5. The summed E-state index contributed by atoms with van der Waals surface area (Å²) >= 11 is 0. The highest BCUT2D eigenvalue weighted by Crippen LogP contribution is 2.29. The second-order valence-electron chi connectivity index (χ2n) is 6.91. The molecule has 0 bridgehead atoms. The second kappa shape index (κ2) is 8.23. The predicted molar refractivity (Wildman–Crippen MR) is 82.6 cm³/mol. The van der Waals surface area contributed by atoms with Crippen molar-refractivity contribution < 1.29 is 4.74 Å². The summed E-state index contributed by atoms with van der Waals surface area (Å²) in [4.78, 5) is 2.60. The third-order valence-electron chi connectivity index (χ3n) is 3.92. The van der Waals surface area contributed by atoms with Crippen LogP contribution in [0.4, 0.5) is 0 Å². The molecule has 114 valence electrons. The van der Waals surface area contributed by atoms with Crippen molar-refractivity contribution in [1.29, 1.82) is 0 Å². The van der Waals surface area contributed by atoms with Crippen molar-refractivity contribution >= 4 is 0 Å². The van der Waals surface area contributed by atoms with Gasteiger partial charge in [-0.15, -0.1) is 0 Å². The van der Waals surface area contributed by atoms with Crippen molar-refractivity contribution in [3.05, 3.63) is 0 Å². The number of nitrogens with one attached hydrogen (secondary N) is 1. The van der Waals surface area contributed by atoms with E-state index in [1.165, 1.54) is 25.9 Å². The second-order valence-corrected chi connectivity index (χ2v) is 6.91. The van der Waals surface area contributed by atoms with Crippen molar-refractivity contribution in [2.45, 2.75) is 53.5 Å². The molecule has 3 nitrogen and oxygen atoms in total. The molecule has 0 spiro atoms. The van der Waals surface area contributed by atoms with Crippen LogP contribution < -0.4 is 5.32 Å². The summed E-state index contributed by atoms with van der Waals surface area (Å²) in [5.41, 5.74) is 0.313. The maximum Gasteiger partial charge on any atom is 0.0546 e. The summed E-state index contributed by atoms with van der Waals surface area (Å²) in [7, 11) is 0. The molecule has 3 heteroatoms. The van der Waals surface area contributed by atoms with Gasteiger partial charge in [-0.1, -0.05) is 34.6 Å². The highest BCUT2D eigenvalue weighted by Gasteiger charge is 2.34. The van der Waals surface area contributed by atoms with Gasteiger partial charge in [0.05, 0.1) is 6.61 Å². The van der Waals surface area contributed by atoms with Crippen molar-refractivity contribution in [3.8, 4) is 0 Å². The smallest absolute Gasteiger partial charge is 0.0546 e. The third-order valence-corrected chi connectivity index (χ3v) is 3.92. The van der Waals surface area contributed by atoms with E-state index < -0.39 is 0 Å². The standard InChI is InChI=1S/C16H34N2O/c1-6-18(10-14(2)3)12-16(11-17-15(4)5)8-7-9-19-13-16/h14-15,17H,6-13H2,1-5H3. The van der Waals surface area contributed by atoms with Crippen molar-refractivity contribution in [2.24, 2.45) is 11.3 Å². The molecular weight excluding hydrogens is 236 g/mol. The van der Waals surface area contributed by atoms with Crippen LogP contribution in [0, 0.1) is 11.3 Å². The average Bonchev–Trinajstić information content (AvgIpc) is 2.36. The van der Waals surface area contributed by atoms with Gasteiger partial charge < -0.3 is 15.0 Å². The molecule has 0 aromatic heterocycles. The van der Waals surface area contributed by atoms with E-state index in [-0.39, 0.29) is 0 Å². The Morgan fingerprint density at radius 1 is 1.26 bits per heavy atom. The van der Waals surface area contributed by atoms with E-state index in [0.717, 1.165) is 32.2 Å². The zero-order chi connectivity index (χ0) is 14.3. The molecule has 0 aromatic carbocycles. The molecule has 1 unspecified atom stereocenters. The largest absolute Gasteiger partial charge is 0.381 e. The molecule has 0 radical (unpaired) electrons. The minimum absolute atomic E-state index is 0.313. The fourth-order valence-corrected chi connectivity index (χ4v) is 2.95. The fraction of sp³-hybridized carbons (Fsp3) is 1.00. The lowest BCUT2D eigenvalue weighted by molar-refractivity contribution is -0.0277. The quantitative estimate of drug-likeness (QED) is 0.734. The van der Waals surface area contributed by atoms with Crippen LogP contribution in [0.15, 0.2) is 0 Å². The minimum atomic E-state index is 0.313. The first-order chi connectivity index (χ1) is 8.97. The fourth-order valence-electron chi connectivity index (χ4n) is 2.95. The minimum Gasteiger partial charge on any atom is -0.381 e. The maximum atomic E-state index is 5.80. The van der Waals surface area contributed by atoms with Gasteiger partial charge in [0.2, 0.25) is 0 Å². The third kappa shape index (κ3) is 6.24. The van der Waals surface area contributed by atoms with E-state index in [1.807, 2.05) is 0 Å². The van der Waals surface area contributed by atoms with Crippen LogP contribution >= 0.6 is 0 Å². The first-order valence-electron chi connectivity index (χ1n) is 8.01. The van der Waals surface area contributed by atoms with Gasteiger partial charge >= 0.3 is 0 Å². The van der Waals surface area contributed by atoms with Crippen LogP contribution in [0.25, 0.3) is 0 Å². The molecule has 0 aromatic rings. The van der Waals surface area contributed by atoms with Crippen LogP contribution in [0.5, 0.6) is 0 Å². The zero-order valence-electron chi connectivity index (χ0n) is 13.7. The summed E-state index contributed by atoms with van der Waals surface area (Å²) in [5.74, 6) is 0.736. The molecule has 1 atom stereocenters. The van der Waals surface area contributed by atoms with Crippen LogP contribution in [0.3, 0.4) is 0 Å². The molecule has 1 fully saturated rings. The molecular formula is C16H34N2O. The Kier molecular flexibility index (Phi) is 7.33. The molecule has 1 saturated heterocycles. The van der Waals surface area contributed by atoms with E-state index in [0.29, 0.717) is 11.5 Å². The molecule has 1 heterocycles. The van der Waals surface area contributed by atoms with E-state index in [1.54, 1.807) is 0 Å². The van der Waals surface area contributed by atoms with Crippen molar-refractivity contribution in [1.82, 2.24) is 10.2 Å². The summed E-state index contributed by atoms with van der Waals surface area (Å²) in [6.45, 7) is 17.8. The number of nitrogens with zero attached hydrogens (tertiary/aromatic N) is 1. The lowest BCUT2D eigenvalue weighted by atomic mass is 9.81. The van der Waals surface area contributed by atoms with Crippen molar-refractivity contribution in [2.75, 3.05) is 39.4 Å². The van der Waals surface area contributed by atoms with Gasteiger partial charge in [0.15, 0.2) is 0 Å². The van der Waals surface area contributed by atoms with Gasteiger partial charge in [0.1, 0.15) is 0 Å². The first-order valence-corrected chi connectivity index (χ1v) is 8.01.